The molecule has 0 aliphatic rings. The Morgan fingerprint density at radius 1 is 1.14 bits per heavy atom. The van der Waals surface area contributed by atoms with Crippen LogP contribution >= 0.6 is 0 Å². The van der Waals surface area contributed by atoms with Gasteiger partial charge in [-0.1, -0.05) is 38.8 Å². The Bertz CT molecular complexity index is 153. The van der Waals surface area contributed by atoms with Crippen LogP contribution in [0.5, 0.6) is 0 Å². The lowest BCUT2D eigenvalue weighted by Gasteiger charge is -2.14. The maximum atomic E-state index is 9.10. The Labute approximate surface area is 89.2 Å². The molecule has 1 nitrogen and oxygen atoms in total. The molecule has 0 aromatic rings. The van der Waals surface area contributed by atoms with Gasteiger partial charge in [-0.15, -0.1) is 0 Å². The van der Waals surface area contributed by atoms with Gasteiger partial charge in [0.05, 0.1) is 0 Å². The van der Waals surface area contributed by atoms with Crippen LogP contribution in [0.1, 0.15) is 53.4 Å². The monoisotopic (exact) mass is 198 g/mol. The van der Waals surface area contributed by atoms with E-state index in [9.17, 15) is 0 Å². The molecular formula is C13H26O. The van der Waals surface area contributed by atoms with Gasteiger partial charge >= 0.3 is 0 Å². The average molecular weight is 198 g/mol. The van der Waals surface area contributed by atoms with E-state index in [1.54, 1.807) is 0 Å². The number of hydrogen-bond donors (Lipinski definition) is 1. The van der Waals surface area contributed by atoms with E-state index in [0.29, 0.717) is 12.5 Å². The number of aliphatic hydroxyl groups excluding tert-OH is 1. The molecule has 1 N–H and O–H groups in total. The van der Waals surface area contributed by atoms with Crippen molar-refractivity contribution in [3.8, 4) is 0 Å². The van der Waals surface area contributed by atoms with Crippen molar-refractivity contribution in [3.05, 3.63) is 11.6 Å². The molecule has 14 heavy (non-hydrogen) atoms. The number of hydrogen-bond acceptors (Lipinski definition) is 1. The van der Waals surface area contributed by atoms with Gasteiger partial charge in [-0.25, -0.2) is 0 Å². The molecule has 0 rings (SSSR count). The standard InChI is InChI=1S/C13H26O/c1-5-12(6-2)8-11(4)9-13(7-3)10-14/h8,12-14H,5-7,9-10H2,1-4H3/b11-8+/t13-/m1/s1. The van der Waals surface area contributed by atoms with Gasteiger partial charge in [0.15, 0.2) is 0 Å². The van der Waals surface area contributed by atoms with Gasteiger partial charge in [-0.3, -0.25) is 0 Å². The SMILES string of the molecule is CCC(/C=C(\C)C[C@@H](CC)CO)CC. The lowest BCUT2D eigenvalue weighted by atomic mass is 9.94. The molecule has 0 heterocycles. The van der Waals surface area contributed by atoms with Gasteiger partial charge in [0.2, 0.25) is 0 Å². The number of rotatable bonds is 7. The largest absolute Gasteiger partial charge is 0.396 e. The summed E-state index contributed by atoms with van der Waals surface area (Å²) in [6.45, 7) is 9.13. The van der Waals surface area contributed by atoms with Crippen molar-refractivity contribution in [2.45, 2.75) is 53.4 Å². The zero-order valence-electron chi connectivity index (χ0n) is 10.2. The minimum Gasteiger partial charge on any atom is -0.396 e. The Balaban J connectivity index is 4.08. The zero-order chi connectivity index (χ0) is 11.0. The molecular weight excluding hydrogens is 172 g/mol. The van der Waals surface area contributed by atoms with E-state index >= 15 is 0 Å². The molecule has 0 amide bonds. The lowest BCUT2D eigenvalue weighted by molar-refractivity contribution is 0.221. The van der Waals surface area contributed by atoms with Crippen molar-refractivity contribution in [1.82, 2.24) is 0 Å². The molecule has 0 aliphatic carbocycles. The Hall–Kier alpha value is -0.300. The van der Waals surface area contributed by atoms with Gasteiger partial charge in [0, 0.05) is 6.61 Å². The van der Waals surface area contributed by atoms with E-state index in [0.717, 1.165) is 18.8 Å². The van der Waals surface area contributed by atoms with Crippen LogP contribution in [-0.2, 0) is 0 Å². The first-order valence-corrected chi connectivity index (χ1v) is 5.95. The second kappa shape index (κ2) is 8.05. The first-order valence-electron chi connectivity index (χ1n) is 5.95. The Kier molecular flexibility index (Phi) is 7.87. The Morgan fingerprint density at radius 3 is 2.07 bits per heavy atom. The summed E-state index contributed by atoms with van der Waals surface area (Å²) in [4.78, 5) is 0. The maximum absolute atomic E-state index is 9.10. The summed E-state index contributed by atoms with van der Waals surface area (Å²) in [7, 11) is 0. The maximum Gasteiger partial charge on any atom is 0.0462 e. The van der Waals surface area contributed by atoms with E-state index in [4.69, 9.17) is 5.11 Å². The molecule has 0 bridgehead atoms. The molecule has 0 aliphatic heterocycles. The van der Waals surface area contributed by atoms with Crippen molar-refractivity contribution in [2.75, 3.05) is 6.61 Å². The topological polar surface area (TPSA) is 20.2 Å². The summed E-state index contributed by atoms with van der Waals surface area (Å²) < 4.78 is 0. The van der Waals surface area contributed by atoms with Crippen LogP contribution < -0.4 is 0 Å². The second-order valence-corrected chi connectivity index (χ2v) is 4.25. The summed E-state index contributed by atoms with van der Waals surface area (Å²) in [6.07, 6.45) is 6.97. The highest BCUT2D eigenvalue weighted by atomic mass is 16.3. The van der Waals surface area contributed by atoms with E-state index in [2.05, 4.69) is 33.8 Å². The van der Waals surface area contributed by atoms with Crippen LogP contribution in [0, 0.1) is 11.8 Å². The average Bonchev–Trinajstić information content (AvgIpc) is 2.22. The number of allylic oxidation sites excluding steroid dienone is 2. The summed E-state index contributed by atoms with van der Waals surface area (Å²) in [5, 5.41) is 9.10. The quantitative estimate of drug-likeness (QED) is 0.617. The molecule has 1 heteroatoms. The van der Waals surface area contributed by atoms with Gasteiger partial charge in [-0.05, 0) is 38.0 Å². The van der Waals surface area contributed by atoms with Crippen molar-refractivity contribution in [2.24, 2.45) is 11.8 Å². The third-order valence-corrected chi connectivity index (χ3v) is 3.02. The van der Waals surface area contributed by atoms with Crippen LogP contribution in [0.25, 0.3) is 0 Å². The molecule has 0 saturated heterocycles. The molecule has 0 spiro atoms. The van der Waals surface area contributed by atoms with Crippen LogP contribution in [-0.4, -0.2) is 11.7 Å². The molecule has 0 fully saturated rings. The third-order valence-electron chi connectivity index (χ3n) is 3.02. The van der Waals surface area contributed by atoms with Crippen LogP contribution in [0.4, 0.5) is 0 Å². The first kappa shape index (κ1) is 13.7. The van der Waals surface area contributed by atoms with E-state index < -0.39 is 0 Å². The predicted molar refractivity (Wildman–Crippen MR) is 63.3 cm³/mol. The molecule has 0 unspecified atom stereocenters. The smallest absolute Gasteiger partial charge is 0.0462 e. The fraction of sp³-hybridized carbons (Fsp3) is 0.846. The summed E-state index contributed by atoms with van der Waals surface area (Å²) >= 11 is 0. The van der Waals surface area contributed by atoms with Crippen molar-refractivity contribution in [3.63, 3.8) is 0 Å². The second-order valence-electron chi connectivity index (χ2n) is 4.25. The van der Waals surface area contributed by atoms with Crippen molar-refractivity contribution in [1.29, 1.82) is 0 Å². The number of aliphatic hydroxyl groups is 1. The van der Waals surface area contributed by atoms with Gasteiger partial charge in [-0.2, -0.15) is 0 Å². The van der Waals surface area contributed by atoms with Crippen molar-refractivity contribution >= 4 is 0 Å². The third kappa shape index (κ3) is 5.43. The van der Waals surface area contributed by atoms with Gasteiger partial charge in [0.1, 0.15) is 0 Å². The lowest BCUT2D eigenvalue weighted by Crippen LogP contribution is -2.05. The fourth-order valence-electron chi connectivity index (χ4n) is 1.79. The summed E-state index contributed by atoms with van der Waals surface area (Å²) in [5.41, 5.74) is 1.44. The highest BCUT2D eigenvalue weighted by molar-refractivity contribution is 5.01. The van der Waals surface area contributed by atoms with Crippen LogP contribution in [0.3, 0.4) is 0 Å². The minimum atomic E-state index is 0.324. The van der Waals surface area contributed by atoms with Crippen molar-refractivity contribution < 1.29 is 5.11 Å². The van der Waals surface area contributed by atoms with Gasteiger partial charge < -0.3 is 5.11 Å². The highest BCUT2D eigenvalue weighted by Crippen LogP contribution is 2.18. The highest BCUT2D eigenvalue weighted by Gasteiger charge is 2.06. The molecule has 0 radical (unpaired) electrons. The normalized spacial score (nSPS) is 14.9. The van der Waals surface area contributed by atoms with Crippen LogP contribution in [0.2, 0.25) is 0 Å². The van der Waals surface area contributed by atoms with Gasteiger partial charge in [0.25, 0.3) is 0 Å². The predicted octanol–water partition coefficient (Wildman–Crippen LogP) is 3.78. The Morgan fingerprint density at radius 2 is 1.71 bits per heavy atom. The van der Waals surface area contributed by atoms with E-state index in [1.165, 1.54) is 18.4 Å². The zero-order valence-corrected chi connectivity index (χ0v) is 10.2. The molecule has 84 valence electrons. The molecule has 1 atom stereocenters. The first-order chi connectivity index (χ1) is 6.67. The summed E-state index contributed by atoms with van der Waals surface area (Å²) in [5.74, 6) is 1.19. The molecule has 0 saturated carbocycles. The van der Waals surface area contributed by atoms with E-state index in [1.807, 2.05) is 0 Å². The van der Waals surface area contributed by atoms with Crippen LogP contribution in [0.15, 0.2) is 11.6 Å². The molecule has 0 aromatic carbocycles. The van der Waals surface area contributed by atoms with E-state index in [-0.39, 0.29) is 0 Å². The minimum absolute atomic E-state index is 0.324. The fourth-order valence-corrected chi connectivity index (χ4v) is 1.79. The molecule has 0 aromatic heterocycles. The summed E-state index contributed by atoms with van der Waals surface area (Å²) in [6, 6.07) is 0.